The van der Waals surface area contributed by atoms with Crippen molar-refractivity contribution in [2.45, 2.75) is 26.3 Å². The van der Waals surface area contributed by atoms with Crippen molar-refractivity contribution in [3.05, 3.63) is 53.1 Å². The molecule has 0 saturated heterocycles. The highest BCUT2D eigenvalue weighted by Gasteiger charge is 2.14. The van der Waals surface area contributed by atoms with Gasteiger partial charge in [0, 0.05) is 25.1 Å². The van der Waals surface area contributed by atoms with Crippen LogP contribution in [0.15, 0.2) is 35.3 Å². The third kappa shape index (κ3) is 5.98. The fourth-order valence-electron chi connectivity index (χ4n) is 3.00. The SMILES string of the molecule is CCNC(=NCc1cc(OC)c(OC)c(OC)c1)NCC(C)c1ccc(F)cc1F. The Hall–Kier alpha value is -3.03. The molecular weight excluding hydrogens is 392 g/mol. The van der Waals surface area contributed by atoms with Crippen LogP contribution in [0.1, 0.15) is 30.9 Å². The molecule has 2 aromatic rings. The van der Waals surface area contributed by atoms with Crippen LogP contribution in [0.3, 0.4) is 0 Å². The lowest BCUT2D eigenvalue weighted by Crippen LogP contribution is -2.39. The normalized spacial score (nSPS) is 12.3. The lowest BCUT2D eigenvalue weighted by molar-refractivity contribution is 0.324. The summed E-state index contributed by atoms with van der Waals surface area (Å²) in [7, 11) is 4.67. The predicted molar refractivity (Wildman–Crippen MR) is 114 cm³/mol. The molecule has 0 amide bonds. The molecule has 0 aromatic heterocycles. The van der Waals surface area contributed by atoms with Gasteiger partial charge in [0.25, 0.3) is 0 Å². The second kappa shape index (κ2) is 11.2. The van der Waals surface area contributed by atoms with Crippen molar-refractivity contribution < 1.29 is 23.0 Å². The number of halogens is 2. The van der Waals surface area contributed by atoms with Crippen molar-refractivity contribution in [1.82, 2.24) is 10.6 Å². The molecule has 164 valence electrons. The van der Waals surface area contributed by atoms with Crippen LogP contribution < -0.4 is 24.8 Å². The van der Waals surface area contributed by atoms with E-state index in [1.54, 1.807) is 21.3 Å². The standard InChI is InChI=1S/C22H29F2N3O3/c1-6-25-22(26-12-14(2)17-8-7-16(23)11-18(17)24)27-13-15-9-19(28-3)21(30-5)20(10-15)29-4/h7-11,14H,6,12-13H2,1-5H3,(H2,25,26,27). The van der Waals surface area contributed by atoms with Crippen LogP contribution in [0.4, 0.5) is 8.78 Å². The molecule has 8 heteroatoms. The Bertz CT molecular complexity index is 850. The number of hydrogen-bond donors (Lipinski definition) is 2. The Kier molecular flexibility index (Phi) is 8.70. The zero-order valence-electron chi connectivity index (χ0n) is 18.0. The molecule has 0 aliphatic carbocycles. The van der Waals surface area contributed by atoms with Crippen molar-refractivity contribution in [1.29, 1.82) is 0 Å². The van der Waals surface area contributed by atoms with Crippen LogP contribution >= 0.6 is 0 Å². The molecular formula is C22H29F2N3O3. The van der Waals surface area contributed by atoms with E-state index in [0.29, 0.717) is 48.4 Å². The van der Waals surface area contributed by atoms with Gasteiger partial charge in [-0.25, -0.2) is 13.8 Å². The van der Waals surface area contributed by atoms with Crippen molar-refractivity contribution in [3.8, 4) is 17.2 Å². The molecule has 0 spiro atoms. The second-order valence-electron chi connectivity index (χ2n) is 6.68. The van der Waals surface area contributed by atoms with Crippen LogP contribution in [0.5, 0.6) is 17.2 Å². The molecule has 2 N–H and O–H groups in total. The van der Waals surface area contributed by atoms with Crippen LogP contribution in [-0.2, 0) is 6.54 Å². The number of hydrogen-bond acceptors (Lipinski definition) is 4. The summed E-state index contributed by atoms with van der Waals surface area (Å²) >= 11 is 0. The first-order valence-corrected chi connectivity index (χ1v) is 9.69. The topological polar surface area (TPSA) is 64.1 Å². The quantitative estimate of drug-likeness (QED) is 0.476. The van der Waals surface area contributed by atoms with E-state index in [0.717, 1.165) is 11.6 Å². The van der Waals surface area contributed by atoms with E-state index in [-0.39, 0.29) is 5.92 Å². The first-order valence-electron chi connectivity index (χ1n) is 9.69. The maximum absolute atomic E-state index is 14.0. The average molecular weight is 421 g/mol. The number of ether oxygens (including phenoxy) is 3. The van der Waals surface area contributed by atoms with Gasteiger partial charge in [0.15, 0.2) is 17.5 Å². The number of rotatable bonds is 9. The molecule has 1 atom stereocenters. The maximum atomic E-state index is 14.0. The summed E-state index contributed by atoms with van der Waals surface area (Å²) in [4.78, 5) is 4.58. The molecule has 0 bridgehead atoms. The smallest absolute Gasteiger partial charge is 0.203 e. The van der Waals surface area contributed by atoms with Gasteiger partial charge in [-0.15, -0.1) is 0 Å². The Morgan fingerprint density at radius 1 is 1.00 bits per heavy atom. The minimum absolute atomic E-state index is 0.171. The van der Waals surface area contributed by atoms with Crippen molar-refractivity contribution in [2.75, 3.05) is 34.4 Å². The summed E-state index contributed by atoms with van der Waals surface area (Å²) in [5.74, 6) is 0.908. The highest BCUT2D eigenvalue weighted by molar-refractivity contribution is 5.79. The summed E-state index contributed by atoms with van der Waals surface area (Å²) < 4.78 is 43.2. The van der Waals surface area contributed by atoms with Gasteiger partial charge in [-0.1, -0.05) is 13.0 Å². The Labute approximate surface area is 176 Å². The number of benzene rings is 2. The molecule has 0 aliphatic heterocycles. The van der Waals surface area contributed by atoms with Gasteiger partial charge < -0.3 is 24.8 Å². The van der Waals surface area contributed by atoms with Gasteiger partial charge in [0.05, 0.1) is 27.9 Å². The molecule has 0 aliphatic rings. The molecule has 2 aromatic carbocycles. The minimum Gasteiger partial charge on any atom is -0.493 e. The summed E-state index contributed by atoms with van der Waals surface area (Å²) in [6, 6.07) is 7.31. The van der Waals surface area contributed by atoms with E-state index in [2.05, 4.69) is 15.6 Å². The highest BCUT2D eigenvalue weighted by atomic mass is 19.1. The second-order valence-corrected chi connectivity index (χ2v) is 6.68. The first kappa shape index (κ1) is 23.3. The monoisotopic (exact) mass is 421 g/mol. The molecule has 0 fully saturated rings. The van der Waals surface area contributed by atoms with E-state index >= 15 is 0 Å². The Balaban J connectivity index is 2.12. The largest absolute Gasteiger partial charge is 0.493 e. The Morgan fingerprint density at radius 2 is 1.67 bits per heavy atom. The van der Waals surface area contributed by atoms with Crippen LogP contribution in [-0.4, -0.2) is 40.4 Å². The highest BCUT2D eigenvalue weighted by Crippen LogP contribution is 2.38. The van der Waals surface area contributed by atoms with Gasteiger partial charge in [-0.05, 0) is 36.2 Å². The lowest BCUT2D eigenvalue weighted by Gasteiger charge is -2.17. The Morgan fingerprint density at radius 3 is 2.20 bits per heavy atom. The lowest BCUT2D eigenvalue weighted by atomic mass is 10.0. The minimum atomic E-state index is -0.586. The number of nitrogens with one attached hydrogen (secondary N) is 2. The molecule has 30 heavy (non-hydrogen) atoms. The number of guanidine groups is 1. The molecule has 1 unspecified atom stereocenters. The predicted octanol–water partition coefficient (Wildman–Crippen LogP) is 3.85. The molecule has 0 radical (unpaired) electrons. The zero-order chi connectivity index (χ0) is 22.1. The van der Waals surface area contributed by atoms with Crippen molar-refractivity contribution >= 4 is 5.96 Å². The maximum Gasteiger partial charge on any atom is 0.203 e. The van der Waals surface area contributed by atoms with Crippen LogP contribution in [0.25, 0.3) is 0 Å². The van der Waals surface area contributed by atoms with Crippen LogP contribution in [0, 0.1) is 11.6 Å². The van der Waals surface area contributed by atoms with E-state index in [9.17, 15) is 8.78 Å². The zero-order valence-corrected chi connectivity index (χ0v) is 18.0. The van der Waals surface area contributed by atoms with E-state index < -0.39 is 11.6 Å². The van der Waals surface area contributed by atoms with Crippen molar-refractivity contribution in [2.24, 2.45) is 4.99 Å². The fraction of sp³-hybridized carbons (Fsp3) is 0.409. The van der Waals surface area contributed by atoms with E-state index in [1.807, 2.05) is 26.0 Å². The molecule has 0 saturated carbocycles. The number of nitrogens with zero attached hydrogens (tertiary/aromatic N) is 1. The third-order valence-electron chi connectivity index (χ3n) is 4.56. The molecule has 0 heterocycles. The van der Waals surface area contributed by atoms with Gasteiger partial charge >= 0.3 is 0 Å². The molecule has 2 rings (SSSR count). The number of aliphatic imine (C=N–C) groups is 1. The first-order chi connectivity index (χ1) is 14.4. The number of methoxy groups -OCH3 is 3. The van der Waals surface area contributed by atoms with Gasteiger partial charge in [-0.3, -0.25) is 0 Å². The van der Waals surface area contributed by atoms with Gasteiger partial charge in [0.2, 0.25) is 5.75 Å². The van der Waals surface area contributed by atoms with Crippen LogP contribution in [0.2, 0.25) is 0 Å². The average Bonchev–Trinajstić information content (AvgIpc) is 2.74. The van der Waals surface area contributed by atoms with Crippen molar-refractivity contribution in [3.63, 3.8) is 0 Å². The summed E-state index contributed by atoms with van der Waals surface area (Å²) in [6.07, 6.45) is 0. The summed E-state index contributed by atoms with van der Waals surface area (Å²) in [5.41, 5.74) is 1.32. The van der Waals surface area contributed by atoms with E-state index in [1.165, 1.54) is 12.1 Å². The van der Waals surface area contributed by atoms with Gasteiger partial charge in [0.1, 0.15) is 11.6 Å². The summed E-state index contributed by atoms with van der Waals surface area (Å²) in [6.45, 7) is 5.29. The third-order valence-corrected chi connectivity index (χ3v) is 4.56. The van der Waals surface area contributed by atoms with E-state index in [4.69, 9.17) is 14.2 Å². The van der Waals surface area contributed by atoms with Gasteiger partial charge in [-0.2, -0.15) is 0 Å². The molecule has 6 nitrogen and oxygen atoms in total. The summed E-state index contributed by atoms with van der Waals surface area (Å²) in [5, 5.41) is 6.36. The fourth-order valence-corrected chi connectivity index (χ4v) is 3.00.